The third kappa shape index (κ3) is 3.16. The van der Waals surface area contributed by atoms with Gasteiger partial charge in [-0.1, -0.05) is 0 Å². The lowest BCUT2D eigenvalue weighted by Crippen LogP contribution is -2.36. The number of nitro groups is 1. The Kier molecular flexibility index (Phi) is 3.90. The van der Waals surface area contributed by atoms with Gasteiger partial charge in [0.25, 0.3) is 11.2 Å². The van der Waals surface area contributed by atoms with E-state index in [2.05, 4.69) is 15.3 Å². The van der Waals surface area contributed by atoms with Gasteiger partial charge in [0.1, 0.15) is 5.69 Å². The highest BCUT2D eigenvalue weighted by Crippen LogP contribution is 2.30. The van der Waals surface area contributed by atoms with Gasteiger partial charge in [-0.15, -0.1) is 0 Å². The summed E-state index contributed by atoms with van der Waals surface area (Å²) in [5.41, 5.74) is -0.405. The second-order valence-electron chi connectivity index (χ2n) is 5.32. The number of methoxy groups -OCH3 is 1. The van der Waals surface area contributed by atoms with Crippen LogP contribution in [0.1, 0.15) is 13.8 Å². The van der Waals surface area contributed by atoms with E-state index in [0.29, 0.717) is 17.8 Å². The molecule has 112 valence electrons. The lowest BCUT2D eigenvalue weighted by atomic mass is 10.1. The number of rotatable bonds is 5. The first-order valence-corrected chi connectivity index (χ1v) is 6.27. The maximum atomic E-state index is 11.7. The number of hydrogen-bond acceptors (Lipinski definition) is 6. The molecule has 0 bridgehead atoms. The number of nitro benzene ring substituents is 1. The van der Waals surface area contributed by atoms with Crippen molar-refractivity contribution in [3.8, 4) is 0 Å². The van der Waals surface area contributed by atoms with E-state index >= 15 is 0 Å². The quantitative estimate of drug-likeness (QED) is 0.640. The number of aromatic nitrogens is 2. The smallest absolute Gasteiger partial charge is 0.293 e. The minimum absolute atomic E-state index is 0.176. The van der Waals surface area contributed by atoms with E-state index in [1.165, 1.54) is 18.5 Å². The summed E-state index contributed by atoms with van der Waals surface area (Å²) < 4.78 is 5.08. The van der Waals surface area contributed by atoms with Gasteiger partial charge in [0.2, 0.25) is 0 Å². The molecule has 1 aromatic carbocycles. The van der Waals surface area contributed by atoms with Crippen molar-refractivity contribution in [2.45, 2.75) is 19.4 Å². The molecular weight excluding hydrogens is 276 g/mol. The van der Waals surface area contributed by atoms with Gasteiger partial charge in [-0.2, -0.15) is 0 Å². The van der Waals surface area contributed by atoms with Crippen LogP contribution in [0.3, 0.4) is 0 Å². The molecule has 0 saturated heterocycles. The zero-order valence-electron chi connectivity index (χ0n) is 12.0. The van der Waals surface area contributed by atoms with Crippen LogP contribution in [-0.2, 0) is 4.74 Å². The number of nitrogens with zero attached hydrogens (tertiary/aromatic N) is 2. The van der Waals surface area contributed by atoms with Crippen molar-refractivity contribution in [1.29, 1.82) is 0 Å². The van der Waals surface area contributed by atoms with Crippen molar-refractivity contribution in [2.24, 2.45) is 0 Å². The number of hydrogen-bond donors (Lipinski definition) is 2. The molecule has 0 unspecified atom stereocenters. The van der Waals surface area contributed by atoms with Gasteiger partial charge in [0.05, 0.1) is 34.3 Å². The summed E-state index contributed by atoms with van der Waals surface area (Å²) in [4.78, 5) is 28.8. The third-order valence-electron chi connectivity index (χ3n) is 2.93. The molecule has 1 heterocycles. The first-order chi connectivity index (χ1) is 9.84. The van der Waals surface area contributed by atoms with E-state index in [-0.39, 0.29) is 11.1 Å². The Morgan fingerprint density at radius 2 is 2.19 bits per heavy atom. The van der Waals surface area contributed by atoms with Gasteiger partial charge in [0, 0.05) is 13.2 Å². The molecule has 8 heteroatoms. The van der Waals surface area contributed by atoms with Gasteiger partial charge >= 0.3 is 0 Å². The Balaban J connectivity index is 2.59. The number of fused-ring (bicyclic) bond motifs is 1. The molecule has 0 aliphatic heterocycles. The SMILES string of the molecule is COCC(C)(C)Nc1cc2nc[nH]c(=O)c2cc1[N+](=O)[O-]. The highest BCUT2D eigenvalue weighted by atomic mass is 16.6. The molecule has 0 spiro atoms. The summed E-state index contributed by atoms with van der Waals surface area (Å²) in [6.45, 7) is 4.08. The van der Waals surface area contributed by atoms with Crippen LogP contribution in [0.15, 0.2) is 23.3 Å². The van der Waals surface area contributed by atoms with Crippen LogP contribution >= 0.6 is 0 Å². The molecule has 0 radical (unpaired) electrons. The highest BCUT2D eigenvalue weighted by Gasteiger charge is 2.24. The van der Waals surface area contributed by atoms with Crippen LogP contribution < -0.4 is 10.9 Å². The van der Waals surface area contributed by atoms with Crippen molar-refractivity contribution in [2.75, 3.05) is 19.0 Å². The molecule has 0 aliphatic rings. The minimum atomic E-state index is -0.531. The van der Waals surface area contributed by atoms with Gasteiger partial charge in [-0.25, -0.2) is 4.98 Å². The van der Waals surface area contributed by atoms with Crippen LogP contribution in [-0.4, -0.2) is 34.1 Å². The molecule has 0 atom stereocenters. The molecule has 0 saturated carbocycles. The highest BCUT2D eigenvalue weighted by molar-refractivity contribution is 5.86. The fraction of sp³-hybridized carbons (Fsp3) is 0.385. The van der Waals surface area contributed by atoms with Gasteiger partial charge in [0.15, 0.2) is 0 Å². The largest absolute Gasteiger partial charge is 0.382 e. The zero-order chi connectivity index (χ0) is 15.6. The Labute approximate surface area is 120 Å². The summed E-state index contributed by atoms with van der Waals surface area (Å²) in [7, 11) is 1.55. The van der Waals surface area contributed by atoms with Crippen molar-refractivity contribution in [3.05, 3.63) is 38.9 Å². The first kappa shape index (κ1) is 14.9. The Morgan fingerprint density at radius 1 is 1.48 bits per heavy atom. The predicted octanol–water partition coefficient (Wildman–Crippen LogP) is 1.67. The van der Waals surface area contributed by atoms with Crippen molar-refractivity contribution in [3.63, 3.8) is 0 Å². The maximum absolute atomic E-state index is 11.7. The van der Waals surface area contributed by atoms with E-state index in [0.717, 1.165) is 0 Å². The monoisotopic (exact) mass is 292 g/mol. The molecule has 0 fully saturated rings. The second kappa shape index (κ2) is 5.49. The first-order valence-electron chi connectivity index (χ1n) is 6.27. The lowest BCUT2D eigenvalue weighted by Gasteiger charge is -2.26. The second-order valence-corrected chi connectivity index (χ2v) is 5.32. The molecule has 0 amide bonds. The van der Waals surface area contributed by atoms with Crippen LogP contribution in [0.5, 0.6) is 0 Å². The Morgan fingerprint density at radius 3 is 2.81 bits per heavy atom. The van der Waals surface area contributed by atoms with Gasteiger partial charge in [-0.05, 0) is 19.9 Å². The van der Waals surface area contributed by atoms with Crippen molar-refractivity contribution < 1.29 is 9.66 Å². The third-order valence-corrected chi connectivity index (χ3v) is 2.93. The standard InChI is InChI=1S/C13H16N4O4/c1-13(2,6-21-3)16-10-5-9-8(4-11(10)17(19)20)12(18)15-7-14-9/h4-5,7,16H,6H2,1-3H3,(H,14,15,18). The van der Waals surface area contributed by atoms with Gasteiger partial charge < -0.3 is 15.0 Å². The molecule has 8 nitrogen and oxygen atoms in total. The molecule has 21 heavy (non-hydrogen) atoms. The van der Waals surface area contributed by atoms with E-state index in [1.807, 2.05) is 13.8 Å². The predicted molar refractivity (Wildman–Crippen MR) is 78.6 cm³/mol. The minimum Gasteiger partial charge on any atom is -0.382 e. The number of ether oxygens (including phenoxy) is 1. The summed E-state index contributed by atoms with van der Waals surface area (Å²) in [5.74, 6) is 0. The molecule has 2 N–H and O–H groups in total. The van der Waals surface area contributed by atoms with Crippen LogP contribution in [0.2, 0.25) is 0 Å². The molecule has 1 aromatic heterocycles. The fourth-order valence-corrected chi connectivity index (χ4v) is 2.12. The summed E-state index contributed by atoms with van der Waals surface area (Å²) in [6.07, 6.45) is 1.26. The fourth-order valence-electron chi connectivity index (χ4n) is 2.12. The van der Waals surface area contributed by atoms with E-state index in [4.69, 9.17) is 4.74 Å². The van der Waals surface area contributed by atoms with Crippen molar-refractivity contribution >= 4 is 22.3 Å². The van der Waals surface area contributed by atoms with E-state index < -0.39 is 16.0 Å². The molecular formula is C13H16N4O4. The van der Waals surface area contributed by atoms with E-state index in [1.54, 1.807) is 7.11 Å². The number of anilines is 1. The van der Waals surface area contributed by atoms with Gasteiger partial charge in [-0.3, -0.25) is 14.9 Å². The van der Waals surface area contributed by atoms with E-state index in [9.17, 15) is 14.9 Å². The number of benzene rings is 1. The lowest BCUT2D eigenvalue weighted by molar-refractivity contribution is -0.383. The van der Waals surface area contributed by atoms with Crippen LogP contribution in [0.4, 0.5) is 11.4 Å². The molecule has 2 rings (SSSR count). The summed E-state index contributed by atoms with van der Waals surface area (Å²) in [6, 6.07) is 2.73. The number of aromatic amines is 1. The molecule has 0 aliphatic carbocycles. The van der Waals surface area contributed by atoms with Crippen LogP contribution in [0.25, 0.3) is 10.9 Å². The average Bonchev–Trinajstić information content (AvgIpc) is 2.37. The normalized spacial score (nSPS) is 11.6. The van der Waals surface area contributed by atoms with Crippen LogP contribution in [0, 0.1) is 10.1 Å². The topological polar surface area (TPSA) is 110 Å². The number of H-pyrrole nitrogens is 1. The summed E-state index contributed by atoms with van der Waals surface area (Å²) in [5, 5.41) is 14.5. The number of nitrogens with one attached hydrogen (secondary N) is 2. The maximum Gasteiger partial charge on any atom is 0.293 e. The molecule has 2 aromatic rings. The Hall–Kier alpha value is -2.48. The van der Waals surface area contributed by atoms with Crippen molar-refractivity contribution in [1.82, 2.24) is 9.97 Å². The average molecular weight is 292 g/mol. The summed E-state index contributed by atoms with van der Waals surface area (Å²) >= 11 is 0. The zero-order valence-corrected chi connectivity index (χ0v) is 12.0. The Bertz CT molecular complexity index is 739.